The number of benzene rings is 2. The van der Waals surface area contributed by atoms with Crippen molar-refractivity contribution in [3.8, 4) is 11.3 Å². The maximum Gasteiger partial charge on any atom is 0.259 e. The van der Waals surface area contributed by atoms with Crippen LogP contribution in [0.5, 0.6) is 0 Å². The van der Waals surface area contributed by atoms with Crippen molar-refractivity contribution in [1.29, 1.82) is 0 Å². The first-order valence-electron chi connectivity index (χ1n) is 9.89. The molecule has 0 radical (unpaired) electrons. The SMILES string of the molecule is Cc1cccc(N2CCN(C(=O)c3c(-c4c(Cl)cccc4Cl)noc3C)CC2)c1C. The van der Waals surface area contributed by atoms with Crippen molar-refractivity contribution in [1.82, 2.24) is 10.1 Å². The maximum atomic E-state index is 13.4. The Morgan fingerprint density at radius 3 is 2.27 bits per heavy atom. The molecule has 0 aliphatic carbocycles. The fourth-order valence-electron chi connectivity index (χ4n) is 3.91. The van der Waals surface area contributed by atoms with Gasteiger partial charge in [-0.3, -0.25) is 4.79 Å². The first kappa shape index (κ1) is 20.8. The number of halogens is 2. The number of hydrogen-bond donors (Lipinski definition) is 0. The van der Waals surface area contributed by atoms with Crippen LogP contribution < -0.4 is 4.90 Å². The van der Waals surface area contributed by atoms with Gasteiger partial charge in [-0.25, -0.2) is 0 Å². The summed E-state index contributed by atoms with van der Waals surface area (Å²) >= 11 is 12.7. The van der Waals surface area contributed by atoms with Crippen LogP contribution in [0.1, 0.15) is 27.2 Å². The molecule has 0 atom stereocenters. The third kappa shape index (κ3) is 3.68. The third-order valence-electron chi connectivity index (χ3n) is 5.76. The molecule has 0 saturated carbocycles. The Bertz CT molecular complexity index is 1080. The molecule has 1 aromatic heterocycles. The molecule has 7 heteroatoms. The number of piperazine rings is 1. The highest BCUT2D eigenvalue weighted by atomic mass is 35.5. The molecule has 1 aliphatic heterocycles. The van der Waals surface area contributed by atoms with Crippen LogP contribution in [-0.2, 0) is 0 Å². The lowest BCUT2D eigenvalue weighted by atomic mass is 10.0. The topological polar surface area (TPSA) is 49.6 Å². The van der Waals surface area contributed by atoms with Crippen molar-refractivity contribution in [3.63, 3.8) is 0 Å². The lowest BCUT2D eigenvalue weighted by molar-refractivity contribution is 0.0745. The van der Waals surface area contributed by atoms with E-state index in [-0.39, 0.29) is 5.91 Å². The fraction of sp³-hybridized carbons (Fsp3) is 0.304. The Balaban J connectivity index is 1.57. The normalized spacial score (nSPS) is 14.3. The van der Waals surface area contributed by atoms with E-state index in [1.54, 1.807) is 25.1 Å². The predicted molar refractivity (Wildman–Crippen MR) is 121 cm³/mol. The molecule has 1 amide bonds. The molecule has 30 heavy (non-hydrogen) atoms. The number of aromatic nitrogens is 1. The van der Waals surface area contributed by atoms with Gasteiger partial charge < -0.3 is 14.3 Å². The molecular weight excluding hydrogens is 421 g/mol. The summed E-state index contributed by atoms with van der Waals surface area (Å²) in [5, 5.41) is 4.98. The largest absolute Gasteiger partial charge is 0.368 e. The molecule has 156 valence electrons. The van der Waals surface area contributed by atoms with Crippen molar-refractivity contribution >= 4 is 34.8 Å². The smallest absolute Gasteiger partial charge is 0.259 e. The summed E-state index contributed by atoms with van der Waals surface area (Å²) in [6.45, 7) is 8.77. The van der Waals surface area contributed by atoms with E-state index in [4.69, 9.17) is 27.7 Å². The van der Waals surface area contributed by atoms with E-state index in [1.165, 1.54) is 16.8 Å². The fourth-order valence-corrected chi connectivity index (χ4v) is 4.48. The molecule has 2 heterocycles. The van der Waals surface area contributed by atoms with E-state index in [0.717, 1.165) is 13.1 Å². The number of aryl methyl sites for hydroxylation is 2. The van der Waals surface area contributed by atoms with Gasteiger partial charge in [0.2, 0.25) is 0 Å². The average molecular weight is 444 g/mol. The second kappa shape index (κ2) is 8.32. The van der Waals surface area contributed by atoms with Gasteiger partial charge in [-0.15, -0.1) is 0 Å². The monoisotopic (exact) mass is 443 g/mol. The number of carbonyl (C=O) groups is 1. The summed E-state index contributed by atoms with van der Waals surface area (Å²) in [6.07, 6.45) is 0. The number of rotatable bonds is 3. The van der Waals surface area contributed by atoms with Gasteiger partial charge in [0.15, 0.2) is 0 Å². The molecule has 0 unspecified atom stereocenters. The van der Waals surface area contributed by atoms with Crippen molar-refractivity contribution in [2.45, 2.75) is 20.8 Å². The summed E-state index contributed by atoms with van der Waals surface area (Å²) in [5.74, 6) is 0.350. The third-order valence-corrected chi connectivity index (χ3v) is 6.39. The molecule has 4 rings (SSSR count). The zero-order chi connectivity index (χ0) is 21.4. The van der Waals surface area contributed by atoms with Crippen LogP contribution in [0, 0.1) is 20.8 Å². The van der Waals surface area contributed by atoms with Crippen molar-refractivity contribution < 1.29 is 9.32 Å². The van der Waals surface area contributed by atoms with Crippen LogP contribution in [0.3, 0.4) is 0 Å². The summed E-state index contributed by atoms with van der Waals surface area (Å²) in [4.78, 5) is 17.6. The molecule has 1 aliphatic rings. The van der Waals surface area contributed by atoms with Gasteiger partial charge in [0.1, 0.15) is 17.0 Å². The zero-order valence-electron chi connectivity index (χ0n) is 17.2. The molecule has 0 bridgehead atoms. The van der Waals surface area contributed by atoms with Gasteiger partial charge >= 0.3 is 0 Å². The van der Waals surface area contributed by atoms with E-state index >= 15 is 0 Å². The van der Waals surface area contributed by atoms with E-state index in [0.29, 0.717) is 45.7 Å². The van der Waals surface area contributed by atoms with E-state index in [1.807, 2.05) is 4.90 Å². The quantitative estimate of drug-likeness (QED) is 0.533. The highest BCUT2D eigenvalue weighted by Gasteiger charge is 2.30. The number of hydrogen-bond acceptors (Lipinski definition) is 4. The van der Waals surface area contributed by atoms with E-state index in [9.17, 15) is 4.79 Å². The Morgan fingerprint density at radius 1 is 0.967 bits per heavy atom. The van der Waals surface area contributed by atoms with Gasteiger partial charge in [-0.05, 0) is 50.1 Å². The van der Waals surface area contributed by atoms with Gasteiger partial charge in [-0.1, -0.05) is 46.6 Å². The summed E-state index contributed by atoms with van der Waals surface area (Å²) < 4.78 is 5.37. The number of amides is 1. The van der Waals surface area contributed by atoms with Crippen molar-refractivity contribution in [3.05, 3.63) is 68.9 Å². The molecule has 3 aromatic rings. The molecule has 0 spiro atoms. The van der Waals surface area contributed by atoms with Crippen LogP contribution in [0.15, 0.2) is 40.9 Å². The minimum Gasteiger partial charge on any atom is -0.368 e. The molecule has 1 saturated heterocycles. The molecule has 0 N–H and O–H groups in total. The number of anilines is 1. The molecule has 1 fully saturated rings. The standard InChI is InChI=1S/C23H23Cl2N3O2/c1-14-6-4-9-19(15(14)2)27-10-12-28(13-11-27)23(29)20-16(3)30-26-22(20)21-17(24)7-5-8-18(21)25/h4-9H,10-13H2,1-3H3. The minimum absolute atomic E-state index is 0.111. The Kier molecular flexibility index (Phi) is 5.76. The van der Waals surface area contributed by atoms with E-state index in [2.05, 4.69) is 42.1 Å². The second-order valence-corrected chi connectivity index (χ2v) is 8.37. The van der Waals surface area contributed by atoms with Crippen LogP contribution in [-0.4, -0.2) is 42.1 Å². The van der Waals surface area contributed by atoms with Crippen LogP contribution in [0.2, 0.25) is 10.0 Å². The van der Waals surface area contributed by atoms with Gasteiger partial charge in [0.05, 0.1) is 10.0 Å². The highest BCUT2D eigenvalue weighted by Crippen LogP contribution is 2.37. The lowest BCUT2D eigenvalue weighted by Gasteiger charge is -2.37. The Hall–Kier alpha value is -2.50. The Morgan fingerprint density at radius 2 is 1.60 bits per heavy atom. The highest BCUT2D eigenvalue weighted by molar-refractivity contribution is 6.39. The second-order valence-electron chi connectivity index (χ2n) is 7.56. The van der Waals surface area contributed by atoms with Crippen LogP contribution in [0.4, 0.5) is 5.69 Å². The zero-order valence-corrected chi connectivity index (χ0v) is 18.7. The Labute approximate surface area is 186 Å². The first-order valence-corrected chi connectivity index (χ1v) is 10.6. The van der Waals surface area contributed by atoms with Gasteiger partial charge in [0, 0.05) is 37.4 Å². The number of nitrogens with zero attached hydrogens (tertiary/aromatic N) is 3. The summed E-state index contributed by atoms with van der Waals surface area (Å²) in [5.41, 5.74) is 5.12. The van der Waals surface area contributed by atoms with Crippen LogP contribution in [0.25, 0.3) is 11.3 Å². The van der Waals surface area contributed by atoms with E-state index < -0.39 is 0 Å². The molecular formula is C23H23Cl2N3O2. The average Bonchev–Trinajstić information content (AvgIpc) is 3.10. The van der Waals surface area contributed by atoms with Crippen LogP contribution >= 0.6 is 23.2 Å². The first-order chi connectivity index (χ1) is 14.4. The van der Waals surface area contributed by atoms with Gasteiger partial charge in [-0.2, -0.15) is 0 Å². The van der Waals surface area contributed by atoms with Crippen molar-refractivity contribution in [2.24, 2.45) is 0 Å². The lowest BCUT2D eigenvalue weighted by Crippen LogP contribution is -2.49. The summed E-state index contributed by atoms with van der Waals surface area (Å²) in [7, 11) is 0. The number of carbonyl (C=O) groups excluding carboxylic acids is 1. The summed E-state index contributed by atoms with van der Waals surface area (Å²) in [6, 6.07) is 11.6. The minimum atomic E-state index is -0.111. The maximum absolute atomic E-state index is 13.4. The molecule has 2 aromatic carbocycles. The van der Waals surface area contributed by atoms with Crippen molar-refractivity contribution in [2.75, 3.05) is 31.1 Å². The van der Waals surface area contributed by atoms with Gasteiger partial charge in [0.25, 0.3) is 5.91 Å². The predicted octanol–water partition coefficient (Wildman–Crippen LogP) is 5.54. The molecule has 5 nitrogen and oxygen atoms in total.